The number of rotatable bonds is 5. The molecule has 0 bridgehead atoms. The summed E-state index contributed by atoms with van der Waals surface area (Å²) in [4.78, 5) is 0. The Morgan fingerprint density at radius 2 is 1.94 bits per heavy atom. The molecule has 0 amide bonds. The molecule has 1 aromatic carbocycles. The molecule has 0 radical (unpaired) electrons. The van der Waals surface area contributed by atoms with Crippen molar-refractivity contribution in [1.82, 2.24) is 5.43 Å². The van der Waals surface area contributed by atoms with Gasteiger partial charge in [-0.05, 0) is 48.5 Å². The molecule has 0 aliphatic heterocycles. The van der Waals surface area contributed by atoms with Gasteiger partial charge in [-0.1, -0.05) is 37.3 Å². The molecule has 1 aromatic rings. The second kappa shape index (κ2) is 4.43. The van der Waals surface area contributed by atoms with Crippen LogP contribution in [0.5, 0.6) is 0 Å². The first-order valence-electron chi connectivity index (χ1n) is 6.82. The van der Waals surface area contributed by atoms with E-state index in [0.717, 1.165) is 23.7 Å². The van der Waals surface area contributed by atoms with Crippen LogP contribution in [0.15, 0.2) is 30.3 Å². The average Bonchev–Trinajstić information content (AvgIpc) is 3.25. The Bertz CT molecular complexity index is 372. The molecule has 0 heterocycles. The van der Waals surface area contributed by atoms with Gasteiger partial charge in [0.1, 0.15) is 0 Å². The zero-order valence-electron chi connectivity index (χ0n) is 10.5. The van der Waals surface area contributed by atoms with Crippen LogP contribution >= 0.6 is 0 Å². The van der Waals surface area contributed by atoms with E-state index >= 15 is 0 Å². The van der Waals surface area contributed by atoms with Crippen molar-refractivity contribution in [2.24, 2.45) is 23.6 Å². The highest BCUT2D eigenvalue weighted by atomic mass is 15.2. The number of hydrogen-bond acceptors (Lipinski definition) is 2. The van der Waals surface area contributed by atoms with Crippen LogP contribution in [0.1, 0.15) is 37.7 Å². The second-order valence-corrected chi connectivity index (χ2v) is 5.81. The highest BCUT2D eigenvalue weighted by molar-refractivity contribution is 5.27. The third-order valence-electron chi connectivity index (χ3n) is 4.65. The number of nitrogens with one attached hydrogen (secondary N) is 1. The maximum absolute atomic E-state index is 5.77. The Morgan fingerprint density at radius 1 is 1.24 bits per heavy atom. The van der Waals surface area contributed by atoms with Crippen molar-refractivity contribution in [2.75, 3.05) is 0 Å². The normalized spacial score (nSPS) is 30.9. The van der Waals surface area contributed by atoms with Gasteiger partial charge >= 0.3 is 0 Å². The zero-order valence-corrected chi connectivity index (χ0v) is 10.5. The summed E-state index contributed by atoms with van der Waals surface area (Å²) in [7, 11) is 0. The molecule has 2 aliphatic carbocycles. The molecule has 0 aromatic heterocycles. The standard InChI is InChI=1S/C15H22N2/c1-10(11-7-8-11)15(17-16)14-9-13(14)12-5-3-2-4-6-12/h2-6,10-11,13-15,17H,7-9,16H2,1H3. The maximum atomic E-state index is 5.77. The molecule has 17 heavy (non-hydrogen) atoms. The molecule has 2 aliphatic rings. The van der Waals surface area contributed by atoms with Gasteiger partial charge < -0.3 is 0 Å². The summed E-state index contributed by atoms with van der Waals surface area (Å²) in [6.45, 7) is 2.36. The Kier molecular flexibility index (Phi) is 2.93. The van der Waals surface area contributed by atoms with Crippen molar-refractivity contribution in [1.29, 1.82) is 0 Å². The molecule has 4 atom stereocenters. The molecular weight excluding hydrogens is 208 g/mol. The van der Waals surface area contributed by atoms with Gasteiger partial charge in [0, 0.05) is 6.04 Å². The van der Waals surface area contributed by atoms with E-state index in [1.807, 2.05) is 0 Å². The van der Waals surface area contributed by atoms with Crippen molar-refractivity contribution >= 4 is 0 Å². The lowest BCUT2D eigenvalue weighted by Gasteiger charge is -2.23. The van der Waals surface area contributed by atoms with Crippen molar-refractivity contribution in [2.45, 2.75) is 38.1 Å². The van der Waals surface area contributed by atoms with E-state index in [2.05, 4.69) is 42.7 Å². The molecule has 0 spiro atoms. The van der Waals surface area contributed by atoms with Gasteiger partial charge in [0.15, 0.2) is 0 Å². The van der Waals surface area contributed by atoms with Crippen LogP contribution in [0.25, 0.3) is 0 Å². The van der Waals surface area contributed by atoms with Crippen molar-refractivity contribution in [3.05, 3.63) is 35.9 Å². The minimum Gasteiger partial charge on any atom is -0.271 e. The third kappa shape index (κ3) is 2.24. The van der Waals surface area contributed by atoms with Crippen LogP contribution in [-0.4, -0.2) is 6.04 Å². The monoisotopic (exact) mass is 230 g/mol. The smallest absolute Gasteiger partial charge is 0.0273 e. The summed E-state index contributed by atoms with van der Waals surface area (Å²) in [6.07, 6.45) is 4.11. The molecule has 2 fully saturated rings. The van der Waals surface area contributed by atoms with Gasteiger partial charge in [-0.15, -0.1) is 0 Å². The van der Waals surface area contributed by atoms with Crippen LogP contribution in [-0.2, 0) is 0 Å². The highest BCUT2D eigenvalue weighted by Crippen LogP contribution is 2.53. The van der Waals surface area contributed by atoms with Crippen LogP contribution in [0, 0.1) is 17.8 Å². The lowest BCUT2D eigenvalue weighted by atomic mass is 9.91. The quantitative estimate of drug-likeness (QED) is 0.603. The maximum Gasteiger partial charge on any atom is 0.0273 e. The van der Waals surface area contributed by atoms with Gasteiger partial charge in [-0.2, -0.15) is 0 Å². The van der Waals surface area contributed by atoms with Crippen LogP contribution in [0.4, 0.5) is 0 Å². The third-order valence-corrected chi connectivity index (χ3v) is 4.65. The minimum atomic E-state index is 0.507. The van der Waals surface area contributed by atoms with E-state index in [0.29, 0.717) is 6.04 Å². The first-order chi connectivity index (χ1) is 8.31. The number of benzene rings is 1. The lowest BCUT2D eigenvalue weighted by Crippen LogP contribution is -2.42. The van der Waals surface area contributed by atoms with E-state index in [4.69, 9.17) is 5.84 Å². The largest absolute Gasteiger partial charge is 0.271 e. The molecule has 92 valence electrons. The fraction of sp³-hybridized carbons (Fsp3) is 0.600. The highest BCUT2D eigenvalue weighted by Gasteiger charge is 2.47. The molecule has 2 nitrogen and oxygen atoms in total. The van der Waals surface area contributed by atoms with Gasteiger partial charge in [0.05, 0.1) is 0 Å². The summed E-state index contributed by atoms with van der Waals surface area (Å²) < 4.78 is 0. The van der Waals surface area contributed by atoms with Crippen molar-refractivity contribution in [3.8, 4) is 0 Å². The molecule has 0 saturated heterocycles. The Hall–Kier alpha value is -0.860. The van der Waals surface area contributed by atoms with E-state index in [1.165, 1.54) is 24.8 Å². The van der Waals surface area contributed by atoms with E-state index in [9.17, 15) is 0 Å². The Morgan fingerprint density at radius 3 is 2.53 bits per heavy atom. The van der Waals surface area contributed by atoms with Crippen LogP contribution in [0.3, 0.4) is 0 Å². The zero-order chi connectivity index (χ0) is 11.8. The number of hydrazine groups is 1. The summed E-state index contributed by atoms with van der Waals surface area (Å²) in [5, 5.41) is 0. The SMILES string of the molecule is CC(C1CC1)C(NN)C1CC1c1ccccc1. The summed E-state index contributed by atoms with van der Waals surface area (Å²) in [5.41, 5.74) is 4.57. The fourth-order valence-corrected chi connectivity index (χ4v) is 3.28. The first kappa shape index (κ1) is 11.2. The van der Waals surface area contributed by atoms with E-state index in [1.54, 1.807) is 0 Å². The van der Waals surface area contributed by atoms with Crippen LogP contribution < -0.4 is 11.3 Å². The van der Waals surface area contributed by atoms with Crippen molar-refractivity contribution < 1.29 is 0 Å². The van der Waals surface area contributed by atoms with E-state index < -0.39 is 0 Å². The van der Waals surface area contributed by atoms with Gasteiger partial charge in [0.2, 0.25) is 0 Å². The van der Waals surface area contributed by atoms with Gasteiger partial charge in [-0.25, -0.2) is 0 Å². The Balaban J connectivity index is 1.66. The molecular formula is C15H22N2. The van der Waals surface area contributed by atoms with Gasteiger partial charge in [0.25, 0.3) is 0 Å². The topological polar surface area (TPSA) is 38.0 Å². The minimum absolute atomic E-state index is 0.507. The second-order valence-electron chi connectivity index (χ2n) is 5.81. The lowest BCUT2D eigenvalue weighted by molar-refractivity contribution is 0.310. The number of hydrogen-bond donors (Lipinski definition) is 2. The van der Waals surface area contributed by atoms with Gasteiger partial charge in [-0.3, -0.25) is 11.3 Å². The van der Waals surface area contributed by atoms with E-state index in [-0.39, 0.29) is 0 Å². The fourth-order valence-electron chi connectivity index (χ4n) is 3.28. The molecule has 3 rings (SSSR count). The predicted molar refractivity (Wildman–Crippen MR) is 70.3 cm³/mol. The first-order valence-corrected chi connectivity index (χ1v) is 6.82. The van der Waals surface area contributed by atoms with Crippen molar-refractivity contribution in [3.63, 3.8) is 0 Å². The van der Waals surface area contributed by atoms with Crippen LogP contribution in [0.2, 0.25) is 0 Å². The Labute approximate surface area is 104 Å². The summed E-state index contributed by atoms with van der Waals surface area (Å²) >= 11 is 0. The summed E-state index contributed by atoms with van der Waals surface area (Å²) in [6, 6.07) is 11.4. The number of nitrogens with two attached hydrogens (primary N) is 1. The average molecular weight is 230 g/mol. The molecule has 4 unspecified atom stereocenters. The summed E-state index contributed by atoms with van der Waals surface area (Å²) in [5.74, 6) is 8.91. The predicted octanol–water partition coefficient (Wildman–Crippen LogP) is 2.67. The molecule has 2 heteroatoms. The molecule has 3 N–H and O–H groups in total. The molecule has 2 saturated carbocycles.